The van der Waals surface area contributed by atoms with Crippen molar-refractivity contribution >= 4 is 11.8 Å². The third-order valence-corrected chi connectivity index (χ3v) is 4.06. The Morgan fingerprint density at radius 2 is 2.07 bits per heavy atom. The first-order valence-corrected chi connectivity index (χ1v) is 5.44. The second kappa shape index (κ2) is 3.07. The Morgan fingerprint density at radius 3 is 2.57 bits per heavy atom. The second-order valence-corrected chi connectivity index (χ2v) is 4.67. The lowest BCUT2D eigenvalue weighted by Crippen LogP contribution is -2.51. The normalized spacial score (nSPS) is 38.3. The number of carbonyl (C=O) groups is 2. The number of imide groups is 1. The number of hydrogen-bond acceptors (Lipinski definition) is 2. The quantitative estimate of drug-likeness (QED) is 0.678. The summed E-state index contributed by atoms with van der Waals surface area (Å²) in [6.07, 6.45) is 3.87. The third kappa shape index (κ3) is 1.26. The molecule has 2 amide bonds. The van der Waals surface area contributed by atoms with Crippen molar-refractivity contribution in [3.63, 3.8) is 0 Å². The van der Waals surface area contributed by atoms with E-state index in [0.29, 0.717) is 12.3 Å². The molecule has 1 N–H and O–H groups in total. The molecular formula is C11H17NO2. The molecule has 2 aliphatic rings. The molecule has 3 nitrogen and oxygen atoms in total. The van der Waals surface area contributed by atoms with Gasteiger partial charge in [-0.25, -0.2) is 0 Å². The minimum Gasteiger partial charge on any atom is -0.296 e. The highest BCUT2D eigenvalue weighted by Crippen LogP contribution is 2.55. The van der Waals surface area contributed by atoms with E-state index in [1.165, 1.54) is 12.8 Å². The van der Waals surface area contributed by atoms with Crippen LogP contribution in [0.2, 0.25) is 0 Å². The monoisotopic (exact) mass is 195 g/mol. The Labute approximate surface area is 84.2 Å². The minimum absolute atomic E-state index is 0.00213. The smallest absolute Gasteiger partial charge is 0.229 e. The molecule has 2 fully saturated rings. The third-order valence-electron chi connectivity index (χ3n) is 4.06. The first-order valence-electron chi connectivity index (χ1n) is 5.44. The Kier molecular flexibility index (Phi) is 2.13. The van der Waals surface area contributed by atoms with Crippen molar-refractivity contribution in [3.05, 3.63) is 0 Å². The molecule has 1 saturated carbocycles. The van der Waals surface area contributed by atoms with E-state index in [2.05, 4.69) is 12.2 Å². The zero-order valence-corrected chi connectivity index (χ0v) is 8.80. The lowest BCUT2D eigenvalue weighted by molar-refractivity contribution is -0.144. The molecule has 1 heterocycles. The van der Waals surface area contributed by atoms with Gasteiger partial charge in [-0.15, -0.1) is 0 Å². The summed E-state index contributed by atoms with van der Waals surface area (Å²) in [5.41, 5.74) is -0.0284. The Balaban J connectivity index is 2.28. The van der Waals surface area contributed by atoms with Crippen molar-refractivity contribution in [3.8, 4) is 0 Å². The molecule has 2 atom stereocenters. The van der Waals surface area contributed by atoms with E-state index in [9.17, 15) is 9.59 Å². The molecule has 0 spiro atoms. The predicted octanol–water partition coefficient (Wildman–Crippen LogP) is 1.48. The summed E-state index contributed by atoms with van der Waals surface area (Å²) in [4.78, 5) is 23.0. The fraction of sp³-hybridized carbons (Fsp3) is 0.818. The molecule has 1 aliphatic carbocycles. The van der Waals surface area contributed by atoms with E-state index < -0.39 is 0 Å². The molecule has 1 aliphatic heterocycles. The minimum atomic E-state index is -0.0816. The van der Waals surface area contributed by atoms with E-state index in [1.807, 2.05) is 6.92 Å². The van der Waals surface area contributed by atoms with Gasteiger partial charge in [0.1, 0.15) is 0 Å². The van der Waals surface area contributed by atoms with Gasteiger partial charge in [0, 0.05) is 12.3 Å². The predicted molar refractivity (Wildman–Crippen MR) is 52.4 cm³/mol. The summed E-state index contributed by atoms with van der Waals surface area (Å²) in [5, 5.41) is 2.42. The van der Waals surface area contributed by atoms with E-state index >= 15 is 0 Å². The Bertz CT molecular complexity index is 283. The van der Waals surface area contributed by atoms with Crippen molar-refractivity contribution in [2.45, 2.75) is 39.5 Å². The second-order valence-electron chi connectivity index (χ2n) is 4.67. The highest BCUT2D eigenvalue weighted by molar-refractivity contribution is 5.99. The summed E-state index contributed by atoms with van der Waals surface area (Å²) >= 11 is 0. The maximum atomic E-state index is 11.6. The topological polar surface area (TPSA) is 46.2 Å². The molecule has 0 aromatic rings. The molecule has 0 aromatic heterocycles. The summed E-state index contributed by atoms with van der Waals surface area (Å²) in [7, 11) is 0. The van der Waals surface area contributed by atoms with Crippen molar-refractivity contribution in [1.29, 1.82) is 0 Å². The van der Waals surface area contributed by atoms with E-state index in [1.54, 1.807) is 0 Å². The molecule has 1 saturated heterocycles. The molecule has 2 unspecified atom stereocenters. The SMILES string of the molecule is CCC1(C2CC2)CC(=O)NC(=O)C1C. The molecule has 0 bridgehead atoms. The first kappa shape index (κ1) is 9.69. The highest BCUT2D eigenvalue weighted by Gasteiger charge is 2.53. The number of nitrogens with one attached hydrogen (secondary N) is 1. The number of rotatable bonds is 2. The van der Waals surface area contributed by atoms with Crippen LogP contribution < -0.4 is 5.32 Å². The zero-order chi connectivity index (χ0) is 10.3. The van der Waals surface area contributed by atoms with Gasteiger partial charge in [-0.05, 0) is 30.6 Å². The molecule has 2 rings (SSSR count). The van der Waals surface area contributed by atoms with Gasteiger partial charge in [-0.1, -0.05) is 13.8 Å². The van der Waals surface area contributed by atoms with Gasteiger partial charge in [0.05, 0.1) is 0 Å². The van der Waals surface area contributed by atoms with Gasteiger partial charge in [0.15, 0.2) is 0 Å². The van der Waals surface area contributed by atoms with Crippen molar-refractivity contribution in [2.24, 2.45) is 17.3 Å². The average molecular weight is 195 g/mol. The van der Waals surface area contributed by atoms with Crippen LogP contribution in [0.4, 0.5) is 0 Å². The summed E-state index contributed by atoms with van der Waals surface area (Å²) in [6.45, 7) is 4.06. The van der Waals surface area contributed by atoms with E-state index in [0.717, 1.165) is 6.42 Å². The van der Waals surface area contributed by atoms with Gasteiger partial charge in [-0.3, -0.25) is 14.9 Å². The van der Waals surface area contributed by atoms with Crippen LogP contribution in [0.25, 0.3) is 0 Å². The maximum absolute atomic E-state index is 11.6. The van der Waals surface area contributed by atoms with Crippen LogP contribution in [0.15, 0.2) is 0 Å². The first-order chi connectivity index (χ1) is 6.60. The molecule has 0 aromatic carbocycles. The van der Waals surface area contributed by atoms with Crippen molar-refractivity contribution in [1.82, 2.24) is 5.32 Å². The van der Waals surface area contributed by atoms with Crippen LogP contribution in [0.1, 0.15) is 39.5 Å². The Morgan fingerprint density at radius 1 is 1.43 bits per heavy atom. The zero-order valence-electron chi connectivity index (χ0n) is 8.80. The summed E-state index contributed by atoms with van der Waals surface area (Å²) in [5.74, 6) is 0.451. The lowest BCUT2D eigenvalue weighted by Gasteiger charge is -2.40. The van der Waals surface area contributed by atoms with Crippen LogP contribution >= 0.6 is 0 Å². The largest absolute Gasteiger partial charge is 0.296 e. The van der Waals surface area contributed by atoms with E-state index in [4.69, 9.17) is 0 Å². The Hall–Kier alpha value is -0.860. The highest BCUT2D eigenvalue weighted by atomic mass is 16.2. The standard InChI is InChI=1S/C11H17NO2/c1-3-11(8-4-5-8)6-9(13)12-10(14)7(11)2/h7-8H,3-6H2,1-2H3,(H,12,13,14). The molecule has 14 heavy (non-hydrogen) atoms. The summed E-state index contributed by atoms with van der Waals surface area (Å²) in [6, 6.07) is 0. The van der Waals surface area contributed by atoms with Gasteiger partial charge in [-0.2, -0.15) is 0 Å². The van der Waals surface area contributed by atoms with Gasteiger partial charge in [0.25, 0.3) is 0 Å². The van der Waals surface area contributed by atoms with Crippen molar-refractivity contribution in [2.75, 3.05) is 0 Å². The maximum Gasteiger partial charge on any atom is 0.229 e. The van der Waals surface area contributed by atoms with Gasteiger partial charge in [0.2, 0.25) is 11.8 Å². The molecule has 0 radical (unpaired) electrons. The van der Waals surface area contributed by atoms with Gasteiger partial charge >= 0.3 is 0 Å². The fourth-order valence-corrected chi connectivity index (χ4v) is 2.88. The van der Waals surface area contributed by atoms with Crippen LogP contribution in [0.5, 0.6) is 0 Å². The lowest BCUT2D eigenvalue weighted by atomic mass is 9.65. The van der Waals surface area contributed by atoms with Crippen LogP contribution in [0.3, 0.4) is 0 Å². The fourth-order valence-electron chi connectivity index (χ4n) is 2.88. The number of carbonyl (C=O) groups excluding carboxylic acids is 2. The molecule has 78 valence electrons. The van der Waals surface area contributed by atoms with Crippen LogP contribution in [0, 0.1) is 17.3 Å². The number of amides is 2. The summed E-state index contributed by atoms with van der Waals surface area (Å²) < 4.78 is 0. The van der Waals surface area contributed by atoms with Crippen molar-refractivity contribution < 1.29 is 9.59 Å². The number of piperidine rings is 1. The molecule has 3 heteroatoms. The molecular weight excluding hydrogens is 178 g/mol. The van der Waals surface area contributed by atoms with E-state index in [-0.39, 0.29) is 23.1 Å². The average Bonchev–Trinajstić information content (AvgIpc) is 2.94. The van der Waals surface area contributed by atoms with Crippen LogP contribution in [-0.2, 0) is 9.59 Å². The number of hydrogen-bond donors (Lipinski definition) is 1. The van der Waals surface area contributed by atoms with Crippen LogP contribution in [-0.4, -0.2) is 11.8 Å². The van der Waals surface area contributed by atoms with Gasteiger partial charge < -0.3 is 0 Å².